The molecule has 0 spiro atoms. The van der Waals surface area contributed by atoms with Crippen molar-refractivity contribution in [1.29, 1.82) is 0 Å². The molecule has 1 aliphatic heterocycles. The monoisotopic (exact) mass is 250 g/mol. The molecule has 0 aliphatic carbocycles. The van der Waals surface area contributed by atoms with Gasteiger partial charge in [0.25, 0.3) is 0 Å². The van der Waals surface area contributed by atoms with Gasteiger partial charge < -0.3 is 10.6 Å². The fourth-order valence-electron chi connectivity index (χ4n) is 1.88. The van der Waals surface area contributed by atoms with E-state index < -0.39 is 11.0 Å². The van der Waals surface area contributed by atoms with Crippen molar-refractivity contribution in [2.45, 2.75) is 25.8 Å². The second-order valence-electron chi connectivity index (χ2n) is 4.21. The number of rotatable bonds is 3. The Balaban J connectivity index is 2.24. The Kier molecular flexibility index (Phi) is 3.40. The van der Waals surface area contributed by atoms with E-state index in [-0.39, 0.29) is 17.4 Å². The Morgan fingerprint density at radius 2 is 2.33 bits per heavy atom. The van der Waals surface area contributed by atoms with Crippen molar-refractivity contribution in [2.24, 2.45) is 0 Å². The summed E-state index contributed by atoms with van der Waals surface area (Å²) in [6, 6.07) is 2.52. The molecule has 0 aromatic carbocycles. The van der Waals surface area contributed by atoms with E-state index in [0.29, 0.717) is 18.7 Å². The van der Waals surface area contributed by atoms with E-state index in [1.807, 2.05) is 0 Å². The van der Waals surface area contributed by atoms with Crippen LogP contribution in [0.3, 0.4) is 0 Å². The molecule has 1 aromatic rings. The van der Waals surface area contributed by atoms with Crippen LogP contribution in [-0.2, 0) is 4.79 Å². The summed E-state index contributed by atoms with van der Waals surface area (Å²) in [6.07, 6.45) is 1.50. The Hall–Kier alpha value is -2.18. The molecular weight excluding hydrogens is 236 g/mol. The first-order chi connectivity index (χ1) is 8.58. The lowest BCUT2D eigenvalue weighted by atomic mass is 10.1. The third-order valence-corrected chi connectivity index (χ3v) is 2.81. The van der Waals surface area contributed by atoms with Gasteiger partial charge in [-0.1, -0.05) is 0 Å². The summed E-state index contributed by atoms with van der Waals surface area (Å²) in [5, 5.41) is 16.5. The van der Waals surface area contributed by atoms with Crippen molar-refractivity contribution in [3.05, 3.63) is 27.9 Å². The summed E-state index contributed by atoms with van der Waals surface area (Å²) in [5.74, 6) is 0.0147. The number of carbonyl (C=O) groups excluding carboxylic acids is 1. The smallest absolute Gasteiger partial charge is 0.311 e. The molecule has 1 saturated heterocycles. The molecule has 1 atom stereocenters. The fraction of sp³-hybridized carbons (Fsp3) is 0.455. The van der Waals surface area contributed by atoms with Gasteiger partial charge in [0.1, 0.15) is 6.04 Å². The van der Waals surface area contributed by atoms with Gasteiger partial charge in [0.05, 0.1) is 4.92 Å². The highest BCUT2D eigenvalue weighted by Gasteiger charge is 2.25. The third-order valence-electron chi connectivity index (χ3n) is 2.81. The number of hydrogen-bond acceptors (Lipinski definition) is 5. The summed E-state index contributed by atoms with van der Waals surface area (Å²) in [4.78, 5) is 26.1. The number of aryl methyl sites for hydroxylation is 1. The van der Waals surface area contributed by atoms with Crippen LogP contribution < -0.4 is 10.6 Å². The highest BCUT2D eigenvalue weighted by Crippen LogP contribution is 2.23. The molecule has 7 heteroatoms. The zero-order chi connectivity index (χ0) is 13.1. The van der Waals surface area contributed by atoms with Crippen LogP contribution in [0.2, 0.25) is 0 Å². The number of aromatic nitrogens is 1. The van der Waals surface area contributed by atoms with Gasteiger partial charge in [0.15, 0.2) is 0 Å². The summed E-state index contributed by atoms with van der Waals surface area (Å²) in [6.45, 7) is 2.40. The molecule has 2 N–H and O–H groups in total. The minimum Gasteiger partial charge on any atom is -0.354 e. The molecule has 1 aliphatic rings. The molecule has 2 rings (SSSR count). The van der Waals surface area contributed by atoms with Crippen LogP contribution >= 0.6 is 0 Å². The maximum Gasteiger partial charge on any atom is 0.311 e. The molecule has 7 nitrogen and oxygen atoms in total. The predicted octanol–water partition coefficient (Wildman–Crippen LogP) is 0.989. The Morgan fingerprint density at radius 3 is 3.00 bits per heavy atom. The quantitative estimate of drug-likeness (QED) is 0.615. The summed E-state index contributed by atoms with van der Waals surface area (Å²) in [7, 11) is 0. The van der Waals surface area contributed by atoms with E-state index in [0.717, 1.165) is 6.42 Å². The Bertz CT molecular complexity index is 489. The first kappa shape index (κ1) is 12.3. The molecule has 1 fully saturated rings. The van der Waals surface area contributed by atoms with E-state index in [4.69, 9.17) is 0 Å². The van der Waals surface area contributed by atoms with Crippen LogP contribution in [0.4, 0.5) is 11.5 Å². The van der Waals surface area contributed by atoms with Crippen LogP contribution in [0.25, 0.3) is 0 Å². The molecule has 1 aromatic heterocycles. The summed E-state index contributed by atoms with van der Waals surface area (Å²) < 4.78 is 0. The highest BCUT2D eigenvalue weighted by molar-refractivity contribution is 5.85. The lowest BCUT2D eigenvalue weighted by Crippen LogP contribution is -2.44. The Labute approximate surface area is 104 Å². The van der Waals surface area contributed by atoms with Crippen LogP contribution in [0.15, 0.2) is 12.1 Å². The minimum absolute atomic E-state index is 0.112. The lowest BCUT2D eigenvalue weighted by molar-refractivity contribution is -0.384. The van der Waals surface area contributed by atoms with Crippen molar-refractivity contribution in [2.75, 3.05) is 11.9 Å². The molecule has 0 radical (unpaired) electrons. The average Bonchev–Trinajstić information content (AvgIpc) is 2.32. The fourth-order valence-corrected chi connectivity index (χ4v) is 1.88. The Morgan fingerprint density at radius 1 is 1.56 bits per heavy atom. The molecule has 1 unspecified atom stereocenters. The van der Waals surface area contributed by atoms with Gasteiger partial charge in [0.2, 0.25) is 11.7 Å². The van der Waals surface area contributed by atoms with Crippen LogP contribution in [-0.4, -0.2) is 28.4 Å². The van der Waals surface area contributed by atoms with Gasteiger partial charge in [-0.15, -0.1) is 0 Å². The van der Waals surface area contributed by atoms with E-state index in [1.54, 1.807) is 13.0 Å². The normalized spacial score (nSPS) is 19.2. The zero-order valence-corrected chi connectivity index (χ0v) is 9.97. The van der Waals surface area contributed by atoms with Gasteiger partial charge in [-0.2, -0.15) is 0 Å². The van der Waals surface area contributed by atoms with Crippen molar-refractivity contribution in [3.8, 4) is 0 Å². The predicted molar refractivity (Wildman–Crippen MR) is 65.3 cm³/mol. The maximum atomic E-state index is 11.6. The van der Waals surface area contributed by atoms with Gasteiger partial charge in [-0.25, -0.2) is 4.98 Å². The molecule has 18 heavy (non-hydrogen) atoms. The molecule has 96 valence electrons. The highest BCUT2D eigenvalue weighted by atomic mass is 16.6. The SMILES string of the molecule is Cc1ccc([N+](=O)[O-])c(NC2CCCNC2=O)n1. The van der Waals surface area contributed by atoms with Crippen molar-refractivity contribution >= 4 is 17.4 Å². The second kappa shape index (κ2) is 4.99. The van der Waals surface area contributed by atoms with E-state index in [2.05, 4.69) is 15.6 Å². The molecule has 1 amide bonds. The molecule has 0 saturated carbocycles. The van der Waals surface area contributed by atoms with Crippen molar-refractivity contribution < 1.29 is 9.72 Å². The number of hydrogen-bond donors (Lipinski definition) is 2. The standard InChI is InChI=1S/C11H14N4O3/c1-7-4-5-9(15(17)18)10(13-7)14-8-3-2-6-12-11(8)16/h4-5,8H,2-3,6H2,1H3,(H,12,16)(H,13,14). The van der Waals surface area contributed by atoms with Gasteiger partial charge in [-0.05, 0) is 25.8 Å². The van der Waals surface area contributed by atoms with Gasteiger partial charge in [0, 0.05) is 18.3 Å². The number of carbonyl (C=O) groups is 1. The van der Waals surface area contributed by atoms with Crippen molar-refractivity contribution in [1.82, 2.24) is 10.3 Å². The lowest BCUT2D eigenvalue weighted by Gasteiger charge is -2.23. The van der Waals surface area contributed by atoms with Crippen molar-refractivity contribution in [3.63, 3.8) is 0 Å². The largest absolute Gasteiger partial charge is 0.354 e. The maximum absolute atomic E-state index is 11.6. The average molecular weight is 250 g/mol. The molecular formula is C11H14N4O3. The molecule has 2 heterocycles. The number of pyridine rings is 1. The second-order valence-corrected chi connectivity index (χ2v) is 4.21. The summed E-state index contributed by atoms with van der Waals surface area (Å²) in [5.41, 5.74) is 0.554. The number of nitrogens with zero attached hydrogens (tertiary/aromatic N) is 2. The van der Waals surface area contributed by atoms with E-state index in [9.17, 15) is 14.9 Å². The first-order valence-corrected chi connectivity index (χ1v) is 5.74. The molecule has 0 bridgehead atoms. The van der Waals surface area contributed by atoms with Gasteiger partial charge >= 0.3 is 5.69 Å². The minimum atomic E-state index is -0.504. The number of nitrogens with one attached hydrogen (secondary N) is 2. The first-order valence-electron chi connectivity index (χ1n) is 5.74. The zero-order valence-electron chi connectivity index (χ0n) is 9.97. The van der Waals surface area contributed by atoms with E-state index in [1.165, 1.54) is 6.07 Å². The van der Waals surface area contributed by atoms with Crippen LogP contribution in [0, 0.1) is 17.0 Å². The number of nitro groups is 1. The number of anilines is 1. The topological polar surface area (TPSA) is 97.2 Å². The number of amides is 1. The summed E-state index contributed by atoms with van der Waals surface area (Å²) >= 11 is 0. The van der Waals surface area contributed by atoms with Crippen LogP contribution in [0.1, 0.15) is 18.5 Å². The third kappa shape index (κ3) is 2.55. The van der Waals surface area contributed by atoms with E-state index >= 15 is 0 Å². The van der Waals surface area contributed by atoms with Crippen LogP contribution in [0.5, 0.6) is 0 Å². The van der Waals surface area contributed by atoms with Gasteiger partial charge in [-0.3, -0.25) is 14.9 Å². The number of piperidine rings is 1.